The summed E-state index contributed by atoms with van der Waals surface area (Å²) in [7, 11) is 0. The Labute approximate surface area is 179 Å². The molecule has 3 aromatic rings. The van der Waals surface area contributed by atoms with E-state index in [9.17, 15) is 0 Å². The van der Waals surface area contributed by atoms with Gasteiger partial charge in [0.1, 0.15) is 0 Å². The molecular weight excluding hydrogens is 419 g/mol. The lowest BCUT2D eigenvalue weighted by Gasteiger charge is -2.27. The minimum Gasteiger partial charge on any atom is -0.340 e. The molecule has 3 rings (SSSR count). The molecule has 2 nitrogen and oxygen atoms in total. The molecule has 0 unspecified atom stereocenters. The molecule has 138 valence electrons. The minimum absolute atomic E-state index is 0.528. The number of halogens is 3. The maximum atomic E-state index is 6.36. The lowest BCUT2D eigenvalue weighted by atomic mass is 10.1. The van der Waals surface area contributed by atoms with Crippen LogP contribution < -0.4 is 5.32 Å². The van der Waals surface area contributed by atoms with Crippen LogP contribution in [0.25, 0.3) is 0 Å². The summed E-state index contributed by atoms with van der Waals surface area (Å²) in [6.07, 6.45) is 0. The number of hydrogen-bond acceptors (Lipinski definition) is 1. The number of thiocarbonyl (C=S) groups is 1. The van der Waals surface area contributed by atoms with Gasteiger partial charge < -0.3 is 10.2 Å². The first kappa shape index (κ1) is 20.0. The molecule has 0 aliphatic rings. The summed E-state index contributed by atoms with van der Waals surface area (Å²) in [5, 5.41) is 5.78. The van der Waals surface area contributed by atoms with Gasteiger partial charge in [-0.25, -0.2) is 0 Å². The van der Waals surface area contributed by atoms with Crippen molar-refractivity contribution in [3.05, 3.63) is 99.0 Å². The summed E-state index contributed by atoms with van der Waals surface area (Å²) in [6, 6.07) is 23.0. The maximum Gasteiger partial charge on any atom is 0.174 e. The second kappa shape index (κ2) is 9.43. The zero-order chi connectivity index (χ0) is 19.2. The van der Waals surface area contributed by atoms with E-state index in [1.165, 1.54) is 0 Å². The number of rotatable bonds is 5. The van der Waals surface area contributed by atoms with Gasteiger partial charge in [-0.2, -0.15) is 0 Å². The lowest BCUT2D eigenvalue weighted by molar-refractivity contribution is 0.413. The molecular formula is C21H17Cl3N2S. The highest BCUT2D eigenvalue weighted by Gasteiger charge is 2.14. The van der Waals surface area contributed by atoms with Crippen LogP contribution in [-0.2, 0) is 13.1 Å². The Kier molecular flexibility index (Phi) is 6.97. The van der Waals surface area contributed by atoms with Crippen molar-refractivity contribution in [3.63, 3.8) is 0 Å². The van der Waals surface area contributed by atoms with Gasteiger partial charge in [-0.3, -0.25) is 0 Å². The summed E-state index contributed by atoms with van der Waals surface area (Å²) in [6.45, 7) is 1.16. The molecule has 0 aliphatic carbocycles. The zero-order valence-corrected chi connectivity index (χ0v) is 17.4. The van der Waals surface area contributed by atoms with Gasteiger partial charge in [-0.05, 0) is 59.7 Å². The van der Waals surface area contributed by atoms with Crippen LogP contribution in [0.15, 0.2) is 72.8 Å². The maximum absolute atomic E-state index is 6.36. The minimum atomic E-state index is 0.528. The van der Waals surface area contributed by atoms with Gasteiger partial charge in [0.25, 0.3) is 0 Å². The Bertz CT molecular complexity index is 932. The van der Waals surface area contributed by atoms with E-state index in [0.717, 1.165) is 16.8 Å². The molecule has 0 amide bonds. The predicted molar refractivity (Wildman–Crippen MR) is 120 cm³/mol. The lowest BCUT2D eigenvalue weighted by Crippen LogP contribution is -2.34. The van der Waals surface area contributed by atoms with Crippen molar-refractivity contribution in [2.24, 2.45) is 0 Å². The van der Waals surface area contributed by atoms with Crippen LogP contribution in [0, 0.1) is 0 Å². The van der Waals surface area contributed by atoms with E-state index < -0.39 is 0 Å². The standard InChI is InChI=1S/C21H17Cl3N2S/c22-17-7-4-8-19(12-17)25-21(27)26(13-15-5-2-1-3-6-15)14-16-11-18(23)9-10-20(16)24/h1-12H,13-14H2,(H,25,27). The van der Waals surface area contributed by atoms with E-state index in [2.05, 4.69) is 17.4 Å². The van der Waals surface area contributed by atoms with Crippen molar-refractivity contribution in [1.82, 2.24) is 4.90 Å². The highest BCUT2D eigenvalue weighted by atomic mass is 35.5. The van der Waals surface area contributed by atoms with Gasteiger partial charge in [0.05, 0.1) is 0 Å². The van der Waals surface area contributed by atoms with Crippen molar-refractivity contribution in [1.29, 1.82) is 0 Å². The average molecular weight is 436 g/mol. The van der Waals surface area contributed by atoms with Crippen LogP contribution >= 0.6 is 47.0 Å². The van der Waals surface area contributed by atoms with Crippen molar-refractivity contribution in [2.75, 3.05) is 5.32 Å². The van der Waals surface area contributed by atoms with Crippen LogP contribution in [0.5, 0.6) is 0 Å². The van der Waals surface area contributed by atoms with E-state index in [0.29, 0.717) is 33.3 Å². The van der Waals surface area contributed by atoms with Crippen LogP contribution in [0.4, 0.5) is 5.69 Å². The molecule has 0 fully saturated rings. The molecule has 1 N–H and O–H groups in total. The summed E-state index contributed by atoms with van der Waals surface area (Å²) < 4.78 is 0. The molecule has 0 spiro atoms. The summed E-state index contributed by atoms with van der Waals surface area (Å²) in [5.41, 5.74) is 2.89. The topological polar surface area (TPSA) is 15.3 Å². The molecule has 6 heteroatoms. The fourth-order valence-electron chi connectivity index (χ4n) is 2.64. The third-order valence-corrected chi connectivity index (χ3v) is 5.15. The number of hydrogen-bond donors (Lipinski definition) is 1. The fraction of sp³-hybridized carbons (Fsp3) is 0.0952. The molecule has 0 aromatic heterocycles. The molecule has 0 bridgehead atoms. The fourth-order valence-corrected chi connectivity index (χ4v) is 3.45. The molecule has 0 aliphatic heterocycles. The predicted octanol–water partition coefficient (Wildman–Crippen LogP) is 7.05. The van der Waals surface area contributed by atoms with Crippen LogP contribution in [0.1, 0.15) is 11.1 Å². The number of benzene rings is 3. The normalized spacial score (nSPS) is 10.5. The van der Waals surface area contributed by atoms with Crippen LogP contribution in [0.2, 0.25) is 15.1 Å². The van der Waals surface area contributed by atoms with Gasteiger partial charge in [0.2, 0.25) is 0 Å². The van der Waals surface area contributed by atoms with E-state index in [4.69, 9.17) is 47.0 Å². The van der Waals surface area contributed by atoms with E-state index in [1.54, 1.807) is 12.1 Å². The van der Waals surface area contributed by atoms with Crippen molar-refractivity contribution < 1.29 is 0 Å². The Hall–Kier alpha value is -1.78. The Morgan fingerprint density at radius 1 is 0.815 bits per heavy atom. The first-order chi connectivity index (χ1) is 13.0. The number of nitrogens with one attached hydrogen (secondary N) is 1. The van der Waals surface area contributed by atoms with Gasteiger partial charge in [0.15, 0.2) is 5.11 Å². The third kappa shape index (κ3) is 5.85. The third-order valence-electron chi connectivity index (χ3n) is 3.95. The smallest absolute Gasteiger partial charge is 0.174 e. The molecule has 0 atom stereocenters. The van der Waals surface area contributed by atoms with Gasteiger partial charge >= 0.3 is 0 Å². The molecule has 0 heterocycles. The summed E-state index contributed by atoms with van der Waals surface area (Å²) >= 11 is 24.3. The van der Waals surface area contributed by atoms with Gasteiger partial charge in [-0.15, -0.1) is 0 Å². The zero-order valence-electron chi connectivity index (χ0n) is 14.3. The van der Waals surface area contributed by atoms with Gasteiger partial charge in [-0.1, -0.05) is 71.2 Å². The second-order valence-electron chi connectivity index (χ2n) is 6.02. The Morgan fingerprint density at radius 3 is 2.30 bits per heavy atom. The summed E-state index contributed by atoms with van der Waals surface area (Å²) in [5.74, 6) is 0. The van der Waals surface area contributed by atoms with Gasteiger partial charge in [0, 0.05) is 33.8 Å². The van der Waals surface area contributed by atoms with Crippen LogP contribution in [0.3, 0.4) is 0 Å². The van der Waals surface area contributed by atoms with E-state index in [-0.39, 0.29) is 0 Å². The largest absolute Gasteiger partial charge is 0.340 e. The van der Waals surface area contributed by atoms with E-state index in [1.807, 2.05) is 53.4 Å². The van der Waals surface area contributed by atoms with Crippen molar-refractivity contribution in [2.45, 2.75) is 13.1 Å². The average Bonchev–Trinajstić information content (AvgIpc) is 2.65. The monoisotopic (exact) mass is 434 g/mol. The van der Waals surface area contributed by atoms with E-state index >= 15 is 0 Å². The highest BCUT2D eigenvalue weighted by molar-refractivity contribution is 7.80. The van der Waals surface area contributed by atoms with Crippen molar-refractivity contribution in [3.8, 4) is 0 Å². The Balaban J connectivity index is 1.84. The van der Waals surface area contributed by atoms with Crippen LogP contribution in [-0.4, -0.2) is 10.0 Å². The Morgan fingerprint density at radius 2 is 1.56 bits per heavy atom. The second-order valence-corrected chi connectivity index (χ2v) is 7.68. The molecule has 3 aromatic carbocycles. The summed E-state index contributed by atoms with van der Waals surface area (Å²) in [4.78, 5) is 2.04. The first-order valence-electron chi connectivity index (χ1n) is 8.30. The highest BCUT2D eigenvalue weighted by Crippen LogP contribution is 2.24. The molecule has 0 radical (unpaired) electrons. The molecule has 27 heavy (non-hydrogen) atoms. The molecule has 0 saturated heterocycles. The first-order valence-corrected chi connectivity index (χ1v) is 9.85. The SMILES string of the molecule is S=C(Nc1cccc(Cl)c1)N(Cc1ccccc1)Cc1cc(Cl)ccc1Cl. The van der Waals surface area contributed by atoms with Crippen molar-refractivity contribution >= 4 is 57.8 Å². The number of nitrogens with zero attached hydrogens (tertiary/aromatic N) is 1. The quantitative estimate of drug-likeness (QED) is 0.432. The molecule has 0 saturated carbocycles. The number of anilines is 1.